The van der Waals surface area contributed by atoms with Gasteiger partial charge in [0.2, 0.25) is 0 Å². The predicted octanol–water partition coefficient (Wildman–Crippen LogP) is 3.79. The number of nitrogens with one attached hydrogen (secondary N) is 1. The first kappa shape index (κ1) is 13.3. The lowest BCUT2D eigenvalue weighted by Crippen LogP contribution is -2.07. The number of hydrogen-bond acceptors (Lipinski definition) is 3. The Kier molecular flexibility index (Phi) is 4.34. The van der Waals surface area contributed by atoms with E-state index in [2.05, 4.69) is 10.3 Å². The lowest BCUT2D eigenvalue weighted by atomic mass is 10.1. The van der Waals surface area contributed by atoms with Crippen LogP contribution in [0.2, 0.25) is 0 Å². The maximum atomic E-state index is 13.7. The predicted molar refractivity (Wildman–Crippen MR) is 73.8 cm³/mol. The number of pyridine rings is 1. The molecule has 0 saturated heterocycles. The summed E-state index contributed by atoms with van der Waals surface area (Å²) in [7, 11) is 0. The van der Waals surface area contributed by atoms with E-state index in [-0.39, 0.29) is 17.6 Å². The Hall–Kier alpha value is -2.10. The van der Waals surface area contributed by atoms with Crippen molar-refractivity contribution in [1.82, 2.24) is 4.98 Å². The molecule has 0 bridgehead atoms. The molecule has 19 heavy (non-hydrogen) atoms. The molecule has 0 saturated carbocycles. The van der Waals surface area contributed by atoms with Crippen molar-refractivity contribution in [3.05, 3.63) is 54.1 Å². The van der Waals surface area contributed by atoms with Gasteiger partial charge in [0.25, 0.3) is 0 Å². The Morgan fingerprint density at radius 2 is 2.21 bits per heavy atom. The van der Waals surface area contributed by atoms with Crippen molar-refractivity contribution in [3.8, 4) is 5.75 Å². The van der Waals surface area contributed by atoms with Gasteiger partial charge in [-0.15, -0.1) is 0 Å². The first-order valence-corrected chi connectivity index (χ1v) is 6.29. The van der Waals surface area contributed by atoms with E-state index in [1.807, 2.05) is 26.0 Å². The van der Waals surface area contributed by atoms with Crippen LogP contribution in [0.1, 0.15) is 25.5 Å². The Morgan fingerprint density at radius 3 is 2.84 bits per heavy atom. The molecular formula is C15H17FN2O. The number of nitrogens with zero attached hydrogens (tertiary/aromatic N) is 1. The van der Waals surface area contributed by atoms with Crippen LogP contribution in [-0.2, 0) is 0 Å². The monoisotopic (exact) mass is 260 g/mol. The molecule has 1 aromatic heterocycles. The highest BCUT2D eigenvalue weighted by molar-refractivity contribution is 5.48. The van der Waals surface area contributed by atoms with Crippen LogP contribution in [-0.4, -0.2) is 11.6 Å². The Balaban J connectivity index is 2.09. The molecule has 100 valence electrons. The minimum Gasteiger partial charge on any atom is -0.491 e. The number of benzene rings is 1. The maximum Gasteiger partial charge on any atom is 0.167 e. The van der Waals surface area contributed by atoms with Crippen LogP contribution in [0.4, 0.5) is 10.1 Å². The zero-order valence-corrected chi connectivity index (χ0v) is 11.1. The van der Waals surface area contributed by atoms with Gasteiger partial charge < -0.3 is 10.1 Å². The van der Waals surface area contributed by atoms with Gasteiger partial charge in [-0.25, -0.2) is 4.39 Å². The highest BCUT2D eigenvalue weighted by Gasteiger charge is 2.08. The van der Waals surface area contributed by atoms with Crippen molar-refractivity contribution < 1.29 is 9.13 Å². The topological polar surface area (TPSA) is 34.1 Å². The molecule has 0 aliphatic rings. The third-order valence-corrected chi connectivity index (χ3v) is 2.80. The molecule has 0 amide bonds. The van der Waals surface area contributed by atoms with Crippen LogP contribution in [0, 0.1) is 5.82 Å². The van der Waals surface area contributed by atoms with Crippen LogP contribution >= 0.6 is 0 Å². The summed E-state index contributed by atoms with van der Waals surface area (Å²) in [4.78, 5) is 4.07. The summed E-state index contributed by atoms with van der Waals surface area (Å²) in [6.07, 6.45) is 3.52. The standard InChI is InChI=1S/C15H17FN2O/c1-3-19-15-7-6-13(9-14(15)16)18-11(2)12-5-4-8-17-10-12/h4-11,18H,3H2,1-2H3. The molecule has 0 aliphatic heterocycles. The summed E-state index contributed by atoms with van der Waals surface area (Å²) in [5, 5.41) is 3.23. The maximum absolute atomic E-state index is 13.7. The molecule has 0 fully saturated rings. The fourth-order valence-electron chi connectivity index (χ4n) is 1.83. The quantitative estimate of drug-likeness (QED) is 0.888. The number of anilines is 1. The normalized spacial score (nSPS) is 11.9. The molecule has 0 radical (unpaired) electrons. The second kappa shape index (κ2) is 6.18. The minimum atomic E-state index is -0.356. The second-order valence-corrected chi connectivity index (χ2v) is 4.23. The van der Waals surface area contributed by atoms with Crippen LogP contribution in [0.25, 0.3) is 0 Å². The molecule has 1 N–H and O–H groups in total. The van der Waals surface area contributed by atoms with Gasteiger partial charge in [0, 0.05) is 24.1 Å². The van der Waals surface area contributed by atoms with E-state index in [1.54, 1.807) is 24.5 Å². The van der Waals surface area contributed by atoms with E-state index in [9.17, 15) is 4.39 Å². The third kappa shape index (κ3) is 3.44. The molecule has 2 rings (SSSR count). The molecule has 0 aliphatic carbocycles. The number of aromatic nitrogens is 1. The zero-order valence-electron chi connectivity index (χ0n) is 11.1. The van der Waals surface area contributed by atoms with E-state index >= 15 is 0 Å². The largest absolute Gasteiger partial charge is 0.491 e. The highest BCUT2D eigenvalue weighted by Crippen LogP contribution is 2.24. The SMILES string of the molecule is CCOc1ccc(NC(C)c2cccnc2)cc1F. The third-order valence-electron chi connectivity index (χ3n) is 2.80. The molecule has 2 aromatic rings. The van der Waals surface area contributed by atoms with E-state index in [4.69, 9.17) is 4.74 Å². The van der Waals surface area contributed by atoms with E-state index < -0.39 is 0 Å². The highest BCUT2D eigenvalue weighted by atomic mass is 19.1. The number of halogens is 1. The van der Waals surface area contributed by atoms with Crippen LogP contribution in [0.5, 0.6) is 5.75 Å². The van der Waals surface area contributed by atoms with Crippen LogP contribution < -0.4 is 10.1 Å². The molecule has 3 nitrogen and oxygen atoms in total. The van der Waals surface area contributed by atoms with Gasteiger partial charge in [-0.05, 0) is 37.6 Å². The molecule has 0 spiro atoms. The van der Waals surface area contributed by atoms with Gasteiger partial charge in [-0.2, -0.15) is 0 Å². The first-order valence-electron chi connectivity index (χ1n) is 6.29. The van der Waals surface area contributed by atoms with Crippen molar-refractivity contribution in [2.75, 3.05) is 11.9 Å². The molecule has 1 unspecified atom stereocenters. The molecule has 1 aromatic carbocycles. The van der Waals surface area contributed by atoms with E-state index in [0.717, 1.165) is 11.3 Å². The zero-order chi connectivity index (χ0) is 13.7. The summed E-state index contributed by atoms with van der Waals surface area (Å²) >= 11 is 0. The van der Waals surface area contributed by atoms with Gasteiger partial charge in [0.05, 0.1) is 12.6 Å². The van der Waals surface area contributed by atoms with Crippen molar-refractivity contribution in [1.29, 1.82) is 0 Å². The minimum absolute atomic E-state index is 0.0612. The van der Waals surface area contributed by atoms with Crippen LogP contribution in [0.15, 0.2) is 42.7 Å². The Labute approximate surface area is 112 Å². The van der Waals surface area contributed by atoms with E-state index in [0.29, 0.717) is 6.61 Å². The fraction of sp³-hybridized carbons (Fsp3) is 0.267. The lowest BCUT2D eigenvalue weighted by Gasteiger charge is -2.16. The Morgan fingerprint density at radius 1 is 1.37 bits per heavy atom. The van der Waals surface area contributed by atoms with Gasteiger partial charge in [0.1, 0.15) is 0 Å². The van der Waals surface area contributed by atoms with Crippen molar-refractivity contribution in [2.45, 2.75) is 19.9 Å². The van der Waals surface area contributed by atoms with E-state index in [1.165, 1.54) is 6.07 Å². The van der Waals surface area contributed by atoms with Gasteiger partial charge >= 0.3 is 0 Å². The smallest absolute Gasteiger partial charge is 0.167 e. The summed E-state index contributed by atoms with van der Waals surface area (Å²) in [5.41, 5.74) is 1.77. The van der Waals surface area contributed by atoms with Crippen molar-refractivity contribution in [3.63, 3.8) is 0 Å². The van der Waals surface area contributed by atoms with Crippen molar-refractivity contribution in [2.24, 2.45) is 0 Å². The second-order valence-electron chi connectivity index (χ2n) is 4.23. The average Bonchev–Trinajstić information content (AvgIpc) is 2.43. The molecule has 1 atom stereocenters. The van der Waals surface area contributed by atoms with Gasteiger partial charge in [-0.1, -0.05) is 6.07 Å². The summed E-state index contributed by atoms with van der Waals surface area (Å²) in [6, 6.07) is 8.81. The number of hydrogen-bond donors (Lipinski definition) is 1. The number of rotatable bonds is 5. The van der Waals surface area contributed by atoms with Crippen molar-refractivity contribution >= 4 is 5.69 Å². The number of ether oxygens (including phenoxy) is 1. The molecule has 1 heterocycles. The van der Waals surface area contributed by atoms with Gasteiger partial charge in [0.15, 0.2) is 11.6 Å². The summed E-state index contributed by atoms with van der Waals surface area (Å²) in [5.74, 6) is -0.0766. The first-order chi connectivity index (χ1) is 9.20. The summed E-state index contributed by atoms with van der Waals surface area (Å²) in [6.45, 7) is 4.29. The lowest BCUT2D eigenvalue weighted by molar-refractivity contribution is 0.321. The van der Waals surface area contributed by atoms with Crippen LogP contribution in [0.3, 0.4) is 0 Å². The van der Waals surface area contributed by atoms with Gasteiger partial charge in [-0.3, -0.25) is 4.98 Å². The molecule has 4 heteroatoms. The fourth-order valence-corrected chi connectivity index (χ4v) is 1.83. The molecular weight excluding hydrogens is 243 g/mol. The Bertz CT molecular complexity index is 531. The summed E-state index contributed by atoms with van der Waals surface area (Å²) < 4.78 is 18.9. The average molecular weight is 260 g/mol.